The number of rotatable bonds is 20. The van der Waals surface area contributed by atoms with E-state index in [9.17, 15) is 19.2 Å². The van der Waals surface area contributed by atoms with Gasteiger partial charge in [-0.15, -0.1) is 0 Å². The second kappa shape index (κ2) is 23.8. The molecule has 77 heavy (non-hydrogen) atoms. The monoisotopic (exact) mass is 1120 g/mol. The van der Waals surface area contributed by atoms with E-state index in [-0.39, 0.29) is 31.1 Å². The first kappa shape index (κ1) is 58.2. The molecule has 2 aliphatic rings. The molecule has 20 heteroatoms. The summed E-state index contributed by atoms with van der Waals surface area (Å²) in [5.41, 5.74) is 0.145. The number of nitrogens with zero attached hydrogens (tertiary/aromatic N) is 2. The topological polar surface area (TPSA) is 186 Å². The maximum Gasteiger partial charge on any atom is 0.330 e. The Balaban J connectivity index is 1.23. The molecule has 0 radical (unpaired) electrons. The molecule has 4 heterocycles. The van der Waals surface area contributed by atoms with Crippen LogP contribution in [0, 0.1) is 13.8 Å². The Morgan fingerprint density at radius 1 is 0.662 bits per heavy atom. The Labute approximate surface area is 458 Å². The van der Waals surface area contributed by atoms with Crippen LogP contribution in [0.2, 0.25) is 23.2 Å². The van der Waals surface area contributed by atoms with E-state index in [2.05, 4.69) is 94.2 Å². The van der Waals surface area contributed by atoms with Gasteiger partial charge in [-0.05, 0) is 77.4 Å². The average Bonchev–Trinajstić information content (AvgIpc) is 4.01. The van der Waals surface area contributed by atoms with Gasteiger partial charge in [0.15, 0.2) is 8.32 Å². The van der Waals surface area contributed by atoms with Crippen LogP contribution in [0.4, 0.5) is 0 Å². The lowest BCUT2D eigenvalue weighted by atomic mass is 9.96. The Bertz CT molecular complexity index is 3200. The molecule has 0 spiro atoms. The number of ether oxygens (including phenoxy) is 2. The summed E-state index contributed by atoms with van der Waals surface area (Å²) in [6.07, 6.45) is -2.34. The van der Waals surface area contributed by atoms with Crippen LogP contribution in [0.1, 0.15) is 101 Å². The molecule has 3 N–H and O–H groups in total. The highest BCUT2D eigenvalue weighted by molar-refractivity contribution is 8.07. The normalized spacial score (nSPS) is 21.9. The number of aromatic nitrogens is 4. The van der Waals surface area contributed by atoms with Crippen molar-refractivity contribution in [3.05, 3.63) is 198 Å². The van der Waals surface area contributed by atoms with Crippen molar-refractivity contribution in [2.45, 2.75) is 140 Å². The minimum absolute atomic E-state index is 0.00924. The zero-order chi connectivity index (χ0) is 55.5. The summed E-state index contributed by atoms with van der Waals surface area (Å²) in [5, 5.41) is 5.00. The molecule has 2 fully saturated rings. The minimum atomic E-state index is -4.07. The predicted octanol–water partition coefficient (Wildman–Crippen LogP) is 8.59. The summed E-state index contributed by atoms with van der Waals surface area (Å²) in [5.74, 6) is 0. The first-order chi connectivity index (χ1) is 36.4. The highest BCUT2D eigenvalue weighted by Gasteiger charge is 2.53. The molecule has 16 nitrogen and oxygen atoms in total. The van der Waals surface area contributed by atoms with Crippen LogP contribution in [-0.2, 0) is 43.7 Å². The van der Waals surface area contributed by atoms with Gasteiger partial charge in [0, 0.05) is 36.4 Å². The Morgan fingerprint density at radius 2 is 1.10 bits per heavy atom. The Hall–Kier alpha value is -5.00. The molecular formula is C57H74N5O11PSSi2. The van der Waals surface area contributed by atoms with E-state index in [1.807, 2.05) is 104 Å². The number of benzene rings is 4. The summed E-state index contributed by atoms with van der Waals surface area (Å²) in [6.45, 7) is 16.3. The molecule has 9 atom stereocenters. The molecule has 0 aliphatic carbocycles. The lowest BCUT2D eigenvalue weighted by Crippen LogP contribution is -2.67. The molecule has 4 aromatic carbocycles. The van der Waals surface area contributed by atoms with Crippen molar-refractivity contribution < 1.29 is 31.9 Å². The van der Waals surface area contributed by atoms with E-state index < -0.39 is 99.9 Å². The first-order valence-corrected chi connectivity index (χ1v) is 33.6. The number of aromatic amines is 2. The van der Waals surface area contributed by atoms with Crippen molar-refractivity contribution in [1.29, 1.82) is 0 Å². The van der Waals surface area contributed by atoms with Gasteiger partial charge in [-0.3, -0.25) is 33.2 Å². The van der Waals surface area contributed by atoms with Crippen LogP contribution in [-0.4, -0.2) is 80.4 Å². The van der Waals surface area contributed by atoms with Crippen molar-refractivity contribution in [2.75, 3.05) is 20.3 Å². The number of hydrogen-bond acceptors (Lipinski definition) is 13. The van der Waals surface area contributed by atoms with Gasteiger partial charge in [0.25, 0.3) is 19.4 Å². The summed E-state index contributed by atoms with van der Waals surface area (Å²) in [7, 11) is -3.84. The maximum absolute atomic E-state index is 13.7. The zero-order valence-electron chi connectivity index (χ0n) is 45.9. The second-order valence-corrected chi connectivity index (χ2v) is 34.6. The standard InChI is InChI=1S/C57H74N5O11PSSi2/c1-38-34-61(54(65)59-52(38)63)48-32-44(47(70-48)37-68-77(57(6,7)8,42-28-20-14-21-29-42)43-30-22-15-23-31-43)71-74(75,72-51(41-26-18-13-19-27-41)50(58-9)40-24-16-12-17-25-40)67-36-46-45(73-76(10,11)56(3,4)5)33-49(69-46)62-35-39(2)53(64)60-55(62)66/h12-31,34-35,44-51,58H,32-33,36-37H2,1-11H3,(H,59,63,65)(H,60,64,66)/t44-,45-,46+,47+,48+,49+,50+,51-,74?/m0/s1. The van der Waals surface area contributed by atoms with Crippen LogP contribution in [0.15, 0.2) is 153 Å². The van der Waals surface area contributed by atoms with Gasteiger partial charge in [-0.1, -0.05) is 163 Å². The number of likely N-dealkylation sites (N-methyl/N-ethyl adjacent to an activating group) is 1. The number of nitrogens with one attached hydrogen (secondary N) is 3. The number of H-pyrrole nitrogens is 2. The van der Waals surface area contributed by atoms with E-state index in [1.165, 1.54) is 21.5 Å². The van der Waals surface area contributed by atoms with Crippen LogP contribution >= 0.6 is 6.72 Å². The van der Waals surface area contributed by atoms with Crippen LogP contribution < -0.4 is 38.2 Å². The lowest BCUT2D eigenvalue weighted by Gasteiger charge is -2.43. The quantitative estimate of drug-likeness (QED) is 0.0488. The molecule has 2 saturated heterocycles. The van der Waals surface area contributed by atoms with Crippen LogP contribution in [0.25, 0.3) is 0 Å². The number of hydrogen-bond donors (Lipinski definition) is 3. The lowest BCUT2D eigenvalue weighted by molar-refractivity contribution is -0.0551. The zero-order valence-corrected chi connectivity index (χ0v) is 49.6. The van der Waals surface area contributed by atoms with E-state index in [4.69, 9.17) is 43.7 Å². The van der Waals surface area contributed by atoms with E-state index in [0.29, 0.717) is 11.1 Å². The summed E-state index contributed by atoms with van der Waals surface area (Å²) in [6, 6.07) is 39.7. The largest absolute Gasteiger partial charge is 0.411 e. The van der Waals surface area contributed by atoms with E-state index in [0.717, 1.165) is 21.5 Å². The van der Waals surface area contributed by atoms with Gasteiger partial charge < -0.3 is 32.7 Å². The first-order valence-electron chi connectivity index (χ1n) is 26.2. The molecule has 2 aromatic heterocycles. The van der Waals surface area contributed by atoms with E-state index in [1.54, 1.807) is 13.8 Å². The van der Waals surface area contributed by atoms with Gasteiger partial charge in [0.05, 0.1) is 31.5 Å². The van der Waals surface area contributed by atoms with Gasteiger partial charge in [-0.2, -0.15) is 0 Å². The summed E-state index contributed by atoms with van der Waals surface area (Å²) < 4.78 is 52.7. The van der Waals surface area contributed by atoms with Crippen LogP contribution in [0.3, 0.4) is 0 Å². The van der Waals surface area contributed by atoms with Crippen molar-refractivity contribution >= 4 is 45.5 Å². The van der Waals surface area contributed by atoms with E-state index >= 15 is 0 Å². The van der Waals surface area contributed by atoms with Crippen molar-refractivity contribution in [3.8, 4) is 0 Å². The summed E-state index contributed by atoms with van der Waals surface area (Å²) in [4.78, 5) is 57.2. The summed E-state index contributed by atoms with van der Waals surface area (Å²) >= 11 is 6.72. The molecule has 0 amide bonds. The molecule has 6 aromatic rings. The third kappa shape index (κ3) is 12.9. The Kier molecular flexibility index (Phi) is 17.9. The fourth-order valence-electron chi connectivity index (χ4n) is 10.1. The van der Waals surface area contributed by atoms with Crippen LogP contribution in [0.5, 0.6) is 0 Å². The van der Waals surface area contributed by atoms with Gasteiger partial charge in [0.1, 0.15) is 30.8 Å². The average molecular weight is 1120 g/mol. The maximum atomic E-state index is 13.7. The van der Waals surface area contributed by atoms with Gasteiger partial charge in [-0.25, -0.2) is 9.59 Å². The van der Waals surface area contributed by atoms with Crippen molar-refractivity contribution in [1.82, 2.24) is 24.4 Å². The highest BCUT2D eigenvalue weighted by Crippen LogP contribution is 2.59. The molecule has 0 saturated carbocycles. The molecule has 412 valence electrons. The predicted molar refractivity (Wildman–Crippen MR) is 308 cm³/mol. The molecule has 8 rings (SSSR count). The third-order valence-electron chi connectivity index (χ3n) is 15.2. The Morgan fingerprint density at radius 3 is 1.56 bits per heavy atom. The third-order valence-corrected chi connectivity index (χ3v) is 27.0. The number of aryl methyl sites for hydroxylation is 2. The van der Waals surface area contributed by atoms with Crippen molar-refractivity contribution in [3.63, 3.8) is 0 Å². The highest BCUT2D eigenvalue weighted by atomic mass is 32.5. The second-order valence-electron chi connectivity index (χ2n) is 22.6. The van der Waals surface area contributed by atoms with Gasteiger partial charge in [0.2, 0.25) is 0 Å². The smallest absolute Gasteiger partial charge is 0.330 e. The van der Waals surface area contributed by atoms with Gasteiger partial charge >= 0.3 is 18.1 Å². The fraction of sp³-hybridized carbons (Fsp3) is 0.439. The fourth-order valence-corrected chi connectivity index (χ4v) is 18.4. The molecule has 0 bridgehead atoms. The van der Waals surface area contributed by atoms with Crippen molar-refractivity contribution in [2.24, 2.45) is 0 Å². The molecular weight excluding hydrogens is 1050 g/mol. The SMILES string of the molecule is CN[C@H](c1ccccc1)[C@@H](OP(=S)(OC[C@H]1O[C@@H](n2cc(C)c(=O)[nH]c2=O)C[C@@H]1O[Si](C)(C)C(C)(C)C)O[C@H]1C[C@H](n2cc(C)c(=O)[nH]c2=O)O[C@@H]1CO[Si](c1ccccc1)(c1ccccc1)C(C)(C)C)c1ccccc1. The minimum Gasteiger partial charge on any atom is -0.411 e. The molecule has 2 aliphatic heterocycles. The molecule has 1 unspecified atom stereocenters.